The van der Waals surface area contributed by atoms with Gasteiger partial charge >= 0.3 is 0 Å². The molecule has 2 amide bonds. The molecular weight excluding hydrogens is 537 g/mol. The minimum absolute atomic E-state index is 0.209. The molecule has 0 radical (unpaired) electrons. The maximum Gasteiger partial charge on any atom is 0.255 e. The third kappa shape index (κ3) is 5.79. The lowest BCUT2D eigenvalue weighted by Gasteiger charge is -2.26. The lowest BCUT2D eigenvalue weighted by atomic mass is 10.0. The summed E-state index contributed by atoms with van der Waals surface area (Å²) in [6, 6.07) is 8.21. The molecule has 2 aromatic carbocycles. The van der Waals surface area contributed by atoms with Crippen LogP contribution in [-0.4, -0.2) is 63.7 Å². The molecule has 1 aromatic heterocycles. The van der Waals surface area contributed by atoms with Crippen LogP contribution in [0.1, 0.15) is 52.9 Å². The van der Waals surface area contributed by atoms with Crippen molar-refractivity contribution in [3.63, 3.8) is 0 Å². The van der Waals surface area contributed by atoms with Crippen LogP contribution in [-0.2, 0) is 16.1 Å². The van der Waals surface area contributed by atoms with Crippen LogP contribution >= 0.6 is 11.6 Å². The summed E-state index contributed by atoms with van der Waals surface area (Å²) >= 11 is 6.45. The van der Waals surface area contributed by atoms with Crippen molar-refractivity contribution in [2.45, 2.75) is 51.4 Å². The fourth-order valence-corrected chi connectivity index (χ4v) is 5.29. The second-order valence-corrected chi connectivity index (χ2v) is 10.6. The number of halogens is 2. The fourth-order valence-electron chi connectivity index (χ4n) is 5.09. The minimum atomic E-state index is -0.829. The lowest BCUT2D eigenvalue weighted by Crippen LogP contribution is -2.46. The van der Waals surface area contributed by atoms with E-state index in [4.69, 9.17) is 16.3 Å². The molecule has 3 aromatic rings. The molecule has 2 unspecified atom stereocenters. The van der Waals surface area contributed by atoms with Crippen LogP contribution in [0.4, 0.5) is 10.3 Å². The van der Waals surface area contributed by atoms with Gasteiger partial charge in [-0.15, -0.1) is 0 Å². The van der Waals surface area contributed by atoms with Gasteiger partial charge in [-0.3, -0.25) is 9.59 Å². The zero-order valence-electron chi connectivity index (χ0n) is 22.3. The summed E-state index contributed by atoms with van der Waals surface area (Å²) in [4.78, 5) is 37.0. The molecule has 3 N–H and O–H groups in total. The first-order valence-corrected chi connectivity index (χ1v) is 13.6. The Morgan fingerprint density at radius 3 is 2.77 bits per heavy atom. The van der Waals surface area contributed by atoms with E-state index in [9.17, 15) is 19.1 Å². The van der Waals surface area contributed by atoms with E-state index >= 15 is 0 Å². The number of carbonyl (C=O) groups is 2. The number of benzene rings is 2. The Morgan fingerprint density at radius 2 is 2.02 bits per heavy atom. The molecule has 2 atom stereocenters. The Morgan fingerprint density at radius 1 is 1.25 bits per heavy atom. The third-order valence-corrected chi connectivity index (χ3v) is 7.75. The molecule has 11 heteroatoms. The van der Waals surface area contributed by atoms with Gasteiger partial charge in [0.25, 0.3) is 5.91 Å². The predicted octanol–water partition coefficient (Wildman–Crippen LogP) is 4.03. The minimum Gasteiger partial charge on any atom is -0.394 e. The smallest absolute Gasteiger partial charge is 0.255 e. The fraction of sp³-hybridized carbons (Fsp3) is 0.379. The number of ether oxygens (including phenoxy) is 1. The second kappa shape index (κ2) is 11.9. The number of aliphatic hydroxyl groups excluding tert-OH is 1. The molecule has 210 valence electrons. The largest absolute Gasteiger partial charge is 0.394 e. The van der Waals surface area contributed by atoms with Gasteiger partial charge in [0.05, 0.1) is 29.6 Å². The number of aromatic nitrogens is 2. The number of nitrogens with zero attached hydrogens (tertiary/aromatic N) is 3. The van der Waals surface area contributed by atoms with Crippen molar-refractivity contribution in [3.8, 4) is 11.3 Å². The molecule has 40 heavy (non-hydrogen) atoms. The molecule has 0 aliphatic carbocycles. The Labute approximate surface area is 236 Å². The van der Waals surface area contributed by atoms with Gasteiger partial charge in [-0.25, -0.2) is 14.4 Å². The van der Waals surface area contributed by atoms with Gasteiger partial charge in [-0.2, -0.15) is 0 Å². The van der Waals surface area contributed by atoms with Crippen LogP contribution in [0.2, 0.25) is 5.02 Å². The van der Waals surface area contributed by atoms with Gasteiger partial charge in [0.15, 0.2) is 0 Å². The normalized spacial score (nSPS) is 16.9. The summed E-state index contributed by atoms with van der Waals surface area (Å²) in [5.74, 6) is -0.755. The predicted molar refractivity (Wildman–Crippen MR) is 148 cm³/mol. The van der Waals surface area contributed by atoms with Crippen LogP contribution in [0, 0.1) is 12.7 Å². The molecular formula is C29H31ClFN5O4. The van der Waals surface area contributed by atoms with Crippen molar-refractivity contribution in [1.29, 1.82) is 0 Å². The molecule has 1 fully saturated rings. The maximum atomic E-state index is 13.8. The first-order chi connectivity index (χ1) is 19.2. The number of nitrogens with one attached hydrogen (secondary N) is 2. The highest BCUT2D eigenvalue weighted by Crippen LogP contribution is 2.32. The average molecular weight is 568 g/mol. The van der Waals surface area contributed by atoms with Crippen molar-refractivity contribution in [3.05, 3.63) is 75.7 Å². The van der Waals surface area contributed by atoms with E-state index in [0.29, 0.717) is 46.6 Å². The van der Waals surface area contributed by atoms with Crippen LogP contribution in [0.3, 0.4) is 0 Å². The summed E-state index contributed by atoms with van der Waals surface area (Å²) in [7, 11) is 0. The zero-order chi connectivity index (χ0) is 28.4. The number of hydrogen-bond donors (Lipinski definition) is 3. The highest BCUT2D eigenvalue weighted by Gasteiger charge is 2.35. The molecule has 5 rings (SSSR count). The maximum absolute atomic E-state index is 13.8. The number of aliphatic hydroxyl groups is 1. The topological polar surface area (TPSA) is 117 Å². The number of fused-ring (bicyclic) bond motifs is 1. The SMILES string of the molecule is Cc1ccc(F)cc1C(CO)NC(=O)C(C)N1Cc2ccc(-c3nc(NC4CCOCC4)ncc3Cl)cc2C1=O. The molecule has 0 spiro atoms. The number of anilines is 1. The zero-order valence-corrected chi connectivity index (χ0v) is 23.0. The van der Waals surface area contributed by atoms with Crippen molar-refractivity contribution in [2.24, 2.45) is 0 Å². The van der Waals surface area contributed by atoms with Gasteiger partial charge in [-0.05, 0) is 61.6 Å². The van der Waals surface area contributed by atoms with Gasteiger partial charge in [0, 0.05) is 36.9 Å². The van der Waals surface area contributed by atoms with E-state index in [1.165, 1.54) is 23.2 Å². The Balaban J connectivity index is 1.31. The Kier molecular flexibility index (Phi) is 8.30. The quantitative estimate of drug-likeness (QED) is 0.376. The van der Waals surface area contributed by atoms with Crippen LogP contribution in [0.15, 0.2) is 42.6 Å². The van der Waals surface area contributed by atoms with E-state index in [1.807, 2.05) is 12.1 Å². The Hall–Kier alpha value is -3.60. The lowest BCUT2D eigenvalue weighted by molar-refractivity contribution is -0.126. The van der Waals surface area contributed by atoms with Gasteiger partial charge in [-0.1, -0.05) is 29.8 Å². The summed E-state index contributed by atoms with van der Waals surface area (Å²) in [6.45, 7) is 4.61. The van der Waals surface area contributed by atoms with Crippen molar-refractivity contribution >= 4 is 29.4 Å². The highest BCUT2D eigenvalue weighted by atomic mass is 35.5. The number of amides is 2. The standard InChI is InChI=1S/C29H31ClFN5O4/c1-16-3-6-20(31)12-22(16)25(15-37)34-27(38)17(2)36-14-19-5-4-18(11-23(19)28(36)39)26-24(30)13-32-29(35-26)33-21-7-9-40-10-8-21/h3-6,11-13,17,21,25,37H,7-10,14-15H2,1-2H3,(H,34,38)(H,32,33,35). The van der Waals surface area contributed by atoms with Crippen molar-refractivity contribution in [2.75, 3.05) is 25.1 Å². The van der Waals surface area contributed by atoms with E-state index < -0.39 is 30.4 Å². The van der Waals surface area contributed by atoms with Crippen LogP contribution in [0.5, 0.6) is 0 Å². The Bertz CT molecular complexity index is 1430. The van der Waals surface area contributed by atoms with Crippen LogP contribution in [0.25, 0.3) is 11.3 Å². The van der Waals surface area contributed by atoms with Crippen LogP contribution < -0.4 is 10.6 Å². The average Bonchev–Trinajstić information content (AvgIpc) is 3.29. The molecule has 1 saturated heterocycles. The third-order valence-electron chi connectivity index (χ3n) is 7.48. The molecule has 2 aliphatic rings. The molecule has 0 saturated carbocycles. The monoisotopic (exact) mass is 567 g/mol. The molecule has 9 nitrogen and oxygen atoms in total. The van der Waals surface area contributed by atoms with E-state index in [-0.39, 0.29) is 18.5 Å². The number of hydrogen-bond acceptors (Lipinski definition) is 7. The number of aryl methyl sites for hydroxylation is 1. The molecule has 0 bridgehead atoms. The van der Waals surface area contributed by atoms with Gasteiger partial charge in [0.1, 0.15) is 11.9 Å². The molecule has 2 aliphatic heterocycles. The van der Waals surface area contributed by atoms with E-state index in [2.05, 4.69) is 20.6 Å². The number of rotatable bonds is 8. The highest BCUT2D eigenvalue weighted by molar-refractivity contribution is 6.33. The van der Waals surface area contributed by atoms with Crippen molar-refractivity contribution < 1.29 is 23.8 Å². The first-order valence-electron chi connectivity index (χ1n) is 13.2. The first kappa shape index (κ1) is 27.9. The van der Waals surface area contributed by atoms with Gasteiger partial charge in [0.2, 0.25) is 11.9 Å². The molecule has 3 heterocycles. The van der Waals surface area contributed by atoms with Crippen molar-refractivity contribution in [1.82, 2.24) is 20.2 Å². The summed E-state index contributed by atoms with van der Waals surface area (Å²) in [5.41, 5.74) is 3.62. The van der Waals surface area contributed by atoms with E-state index in [1.54, 1.807) is 26.0 Å². The van der Waals surface area contributed by atoms with Gasteiger partial charge < -0.3 is 25.4 Å². The second-order valence-electron chi connectivity index (χ2n) is 10.1. The van der Waals surface area contributed by atoms with E-state index in [0.717, 1.165) is 24.0 Å². The number of carbonyl (C=O) groups excluding carboxylic acids is 2. The summed E-state index contributed by atoms with van der Waals surface area (Å²) < 4.78 is 19.2. The summed E-state index contributed by atoms with van der Waals surface area (Å²) in [6.07, 6.45) is 3.26. The summed E-state index contributed by atoms with van der Waals surface area (Å²) in [5, 5.41) is 16.4.